The molecule has 1 aliphatic rings. The van der Waals surface area contributed by atoms with E-state index in [9.17, 15) is 4.79 Å². The summed E-state index contributed by atoms with van der Waals surface area (Å²) in [5.74, 6) is 0.676. The molecule has 2 heterocycles. The number of rotatable bonds is 5. The molecular weight excluding hydrogens is 304 g/mol. The quantitative estimate of drug-likeness (QED) is 0.904. The minimum Gasteiger partial charge on any atom is -0.379 e. The smallest absolute Gasteiger partial charge is 0.251 e. The molecule has 0 radical (unpaired) electrons. The Morgan fingerprint density at radius 2 is 1.88 bits per heavy atom. The lowest BCUT2D eigenvalue weighted by atomic mass is 10.1. The molecule has 1 aromatic carbocycles. The summed E-state index contributed by atoms with van der Waals surface area (Å²) in [6, 6.07) is 9.30. The van der Waals surface area contributed by atoms with Crippen molar-refractivity contribution < 1.29 is 9.53 Å². The Labute approximate surface area is 141 Å². The van der Waals surface area contributed by atoms with Crippen molar-refractivity contribution >= 4 is 5.91 Å². The van der Waals surface area contributed by atoms with Gasteiger partial charge in [0.1, 0.15) is 5.82 Å². The van der Waals surface area contributed by atoms with E-state index in [1.54, 1.807) is 0 Å². The van der Waals surface area contributed by atoms with Crippen LogP contribution in [-0.2, 0) is 4.74 Å². The van der Waals surface area contributed by atoms with Gasteiger partial charge in [-0.2, -0.15) is 0 Å². The Morgan fingerprint density at radius 1 is 1.21 bits per heavy atom. The Balaban J connectivity index is 1.72. The first-order valence-electron chi connectivity index (χ1n) is 8.17. The van der Waals surface area contributed by atoms with Crippen molar-refractivity contribution in [3.8, 4) is 0 Å². The molecule has 1 saturated heterocycles. The van der Waals surface area contributed by atoms with Crippen LogP contribution < -0.4 is 5.32 Å². The summed E-state index contributed by atoms with van der Waals surface area (Å²) in [5, 5.41) is 3.03. The van der Waals surface area contributed by atoms with E-state index in [0.29, 0.717) is 25.3 Å². The Hall–Kier alpha value is -2.31. The number of aromatic nitrogens is 2. The van der Waals surface area contributed by atoms with Crippen LogP contribution in [0.25, 0.3) is 0 Å². The van der Waals surface area contributed by atoms with E-state index in [0.717, 1.165) is 24.5 Å². The van der Waals surface area contributed by atoms with Gasteiger partial charge in [0.05, 0.1) is 19.3 Å². The first kappa shape index (κ1) is 16.5. The van der Waals surface area contributed by atoms with Crippen LogP contribution >= 0.6 is 0 Å². The van der Waals surface area contributed by atoms with E-state index in [4.69, 9.17) is 4.74 Å². The van der Waals surface area contributed by atoms with Crippen molar-refractivity contribution in [1.29, 1.82) is 0 Å². The van der Waals surface area contributed by atoms with E-state index in [1.807, 2.05) is 49.6 Å². The number of aryl methyl sites for hydroxylation is 1. The highest BCUT2D eigenvalue weighted by atomic mass is 16.5. The fourth-order valence-corrected chi connectivity index (χ4v) is 2.80. The number of morpholine rings is 1. The van der Waals surface area contributed by atoms with Gasteiger partial charge in [0.25, 0.3) is 5.91 Å². The van der Waals surface area contributed by atoms with Gasteiger partial charge in [-0.1, -0.05) is 18.2 Å². The van der Waals surface area contributed by atoms with E-state index < -0.39 is 0 Å². The summed E-state index contributed by atoms with van der Waals surface area (Å²) in [6.45, 7) is 5.45. The predicted octanol–water partition coefficient (Wildman–Crippen LogP) is 1.59. The van der Waals surface area contributed by atoms with Gasteiger partial charge in [0.15, 0.2) is 0 Å². The SMILES string of the molecule is Cc1ncc(C(CNC(=O)c2ccccc2)N2CCOCC2)cn1. The lowest BCUT2D eigenvalue weighted by molar-refractivity contribution is 0.0161. The maximum atomic E-state index is 12.3. The molecule has 3 rings (SSSR count). The fourth-order valence-electron chi connectivity index (χ4n) is 2.80. The average molecular weight is 326 g/mol. The number of ether oxygens (including phenoxy) is 1. The van der Waals surface area contributed by atoms with E-state index in [-0.39, 0.29) is 11.9 Å². The maximum Gasteiger partial charge on any atom is 0.251 e. The van der Waals surface area contributed by atoms with Gasteiger partial charge in [-0.15, -0.1) is 0 Å². The molecule has 1 aliphatic heterocycles. The lowest BCUT2D eigenvalue weighted by Crippen LogP contribution is -2.44. The second kappa shape index (κ2) is 7.99. The normalized spacial score (nSPS) is 16.5. The Kier molecular flexibility index (Phi) is 5.51. The molecule has 0 bridgehead atoms. The Bertz CT molecular complexity index is 654. The van der Waals surface area contributed by atoms with Crippen LogP contribution in [0.4, 0.5) is 0 Å². The molecule has 1 atom stereocenters. The van der Waals surface area contributed by atoms with Crippen LogP contribution in [-0.4, -0.2) is 53.6 Å². The van der Waals surface area contributed by atoms with E-state index >= 15 is 0 Å². The van der Waals surface area contributed by atoms with Crippen molar-refractivity contribution in [2.75, 3.05) is 32.8 Å². The second-order valence-corrected chi connectivity index (χ2v) is 5.80. The zero-order chi connectivity index (χ0) is 16.8. The molecule has 1 unspecified atom stereocenters. The molecule has 6 nitrogen and oxygen atoms in total. The summed E-state index contributed by atoms with van der Waals surface area (Å²) in [7, 11) is 0. The van der Waals surface area contributed by atoms with Crippen molar-refractivity contribution in [3.63, 3.8) is 0 Å². The van der Waals surface area contributed by atoms with Crippen molar-refractivity contribution in [2.45, 2.75) is 13.0 Å². The molecular formula is C18H22N4O2. The highest BCUT2D eigenvalue weighted by Crippen LogP contribution is 2.20. The number of carbonyl (C=O) groups is 1. The van der Waals surface area contributed by atoms with Crippen LogP contribution in [0.15, 0.2) is 42.7 Å². The first-order valence-corrected chi connectivity index (χ1v) is 8.17. The minimum atomic E-state index is -0.0677. The molecule has 0 saturated carbocycles. The van der Waals surface area contributed by atoms with Crippen molar-refractivity contribution in [2.24, 2.45) is 0 Å². The van der Waals surface area contributed by atoms with Gasteiger partial charge in [-0.05, 0) is 19.1 Å². The summed E-state index contributed by atoms with van der Waals surface area (Å²) in [6.07, 6.45) is 3.69. The number of nitrogens with one attached hydrogen (secondary N) is 1. The minimum absolute atomic E-state index is 0.0437. The van der Waals surface area contributed by atoms with E-state index in [2.05, 4.69) is 20.2 Å². The number of nitrogens with zero attached hydrogens (tertiary/aromatic N) is 3. The van der Waals surface area contributed by atoms with Crippen LogP contribution in [0, 0.1) is 6.92 Å². The largest absolute Gasteiger partial charge is 0.379 e. The van der Waals surface area contributed by atoms with Gasteiger partial charge in [-0.3, -0.25) is 9.69 Å². The highest BCUT2D eigenvalue weighted by Gasteiger charge is 2.24. The van der Waals surface area contributed by atoms with Crippen LogP contribution in [0.3, 0.4) is 0 Å². The van der Waals surface area contributed by atoms with Gasteiger partial charge in [0, 0.05) is 43.2 Å². The monoisotopic (exact) mass is 326 g/mol. The zero-order valence-electron chi connectivity index (χ0n) is 13.8. The Morgan fingerprint density at radius 3 is 2.54 bits per heavy atom. The third-order valence-electron chi connectivity index (χ3n) is 4.16. The van der Waals surface area contributed by atoms with Crippen molar-refractivity contribution in [3.05, 3.63) is 59.7 Å². The topological polar surface area (TPSA) is 67.4 Å². The predicted molar refractivity (Wildman–Crippen MR) is 90.7 cm³/mol. The van der Waals surface area contributed by atoms with Gasteiger partial charge in [0.2, 0.25) is 0 Å². The molecule has 2 aromatic rings. The number of amides is 1. The number of hydrogen-bond acceptors (Lipinski definition) is 5. The molecule has 0 aliphatic carbocycles. The average Bonchev–Trinajstić information content (AvgIpc) is 2.65. The molecule has 1 aromatic heterocycles. The third kappa shape index (κ3) is 4.15. The summed E-state index contributed by atoms with van der Waals surface area (Å²) in [4.78, 5) is 23.2. The zero-order valence-corrected chi connectivity index (χ0v) is 13.8. The van der Waals surface area contributed by atoms with Gasteiger partial charge >= 0.3 is 0 Å². The standard InChI is InChI=1S/C18H22N4O2/c1-14-19-11-16(12-20-14)17(22-7-9-24-10-8-22)13-21-18(23)15-5-3-2-4-6-15/h2-6,11-12,17H,7-10,13H2,1H3,(H,21,23). The molecule has 6 heteroatoms. The summed E-state index contributed by atoms with van der Waals surface area (Å²) >= 11 is 0. The molecule has 1 fully saturated rings. The summed E-state index contributed by atoms with van der Waals surface area (Å²) < 4.78 is 5.44. The fraction of sp³-hybridized carbons (Fsp3) is 0.389. The lowest BCUT2D eigenvalue weighted by Gasteiger charge is -2.34. The molecule has 24 heavy (non-hydrogen) atoms. The number of hydrogen-bond donors (Lipinski definition) is 1. The first-order chi connectivity index (χ1) is 11.7. The van der Waals surface area contributed by atoms with E-state index in [1.165, 1.54) is 0 Å². The number of benzene rings is 1. The third-order valence-corrected chi connectivity index (χ3v) is 4.16. The second-order valence-electron chi connectivity index (χ2n) is 5.80. The molecule has 1 N–H and O–H groups in total. The highest BCUT2D eigenvalue weighted by molar-refractivity contribution is 5.94. The molecule has 0 spiro atoms. The van der Waals surface area contributed by atoms with Gasteiger partial charge in [-0.25, -0.2) is 9.97 Å². The van der Waals surface area contributed by atoms with Crippen LogP contribution in [0.5, 0.6) is 0 Å². The maximum absolute atomic E-state index is 12.3. The molecule has 1 amide bonds. The van der Waals surface area contributed by atoms with Crippen LogP contribution in [0.1, 0.15) is 27.8 Å². The summed E-state index contributed by atoms with van der Waals surface area (Å²) in [5.41, 5.74) is 1.68. The van der Waals surface area contributed by atoms with Gasteiger partial charge < -0.3 is 10.1 Å². The van der Waals surface area contributed by atoms with Crippen LogP contribution in [0.2, 0.25) is 0 Å². The number of carbonyl (C=O) groups excluding carboxylic acids is 1. The van der Waals surface area contributed by atoms with Crippen molar-refractivity contribution in [1.82, 2.24) is 20.2 Å². The molecule has 126 valence electrons.